The zero-order valence-electron chi connectivity index (χ0n) is 16.6. The Morgan fingerprint density at radius 2 is 1.84 bits per heavy atom. The fourth-order valence-corrected chi connectivity index (χ4v) is 5.08. The van der Waals surface area contributed by atoms with Gasteiger partial charge in [0, 0.05) is 25.1 Å². The molecule has 0 bridgehead atoms. The van der Waals surface area contributed by atoms with E-state index in [4.69, 9.17) is 0 Å². The van der Waals surface area contributed by atoms with E-state index in [-0.39, 0.29) is 36.7 Å². The molecule has 0 spiro atoms. The number of hydrogen-bond acceptors (Lipinski definition) is 5. The number of alkyl halides is 3. The monoisotopic (exact) mass is 468 g/mol. The third kappa shape index (κ3) is 4.86. The van der Waals surface area contributed by atoms with Crippen LogP contribution in [0.1, 0.15) is 12.8 Å². The standard InChI is InChI=1S/C20H19F3N4O4S/c21-20(22,23)31-14-4-3-5-15(12-14)32(29,30)27-10-8-13(9-11-27)18(28)26-19-24-16-6-1-2-7-17(16)25-19/h1-7,12-13H,8-11H2,(H2,24,25,26,28). The fraction of sp³-hybridized carbons (Fsp3) is 0.300. The Hall–Kier alpha value is -3.12. The summed E-state index contributed by atoms with van der Waals surface area (Å²) in [6.07, 6.45) is -4.39. The number of aromatic amines is 1. The van der Waals surface area contributed by atoms with Crippen molar-refractivity contribution in [1.29, 1.82) is 0 Å². The van der Waals surface area contributed by atoms with Gasteiger partial charge in [0.25, 0.3) is 0 Å². The summed E-state index contributed by atoms with van der Waals surface area (Å²) in [4.78, 5) is 19.6. The van der Waals surface area contributed by atoms with Crippen molar-refractivity contribution in [2.45, 2.75) is 24.1 Å². The Morgan fingerprint density at radius 3 is 2.53 bits per heavy atom. The smallest absolute Gasteiger partial charge is 0.406 e. The second-order valence-electron chi connectivity index (χ2n) is 7.29. The second kappa shape index (κ2) is 8.43. The first-order chi connectivity index (χ1) is 15.1. The molecule has 0 aliphatic carbocycles. The number of halogens is 3. The van der Waals surface area contributed by atoms with Crippen LogP contribution in [-0.2, 0) is 14.8 Å². The predicted molar refractivity (Wildman–Crippen MR) is 109 cm³/mol. The number of piperidine rings is 1. The van der Waals surface area contributed by atoms with Gasteiger partial charge in [-0.05, 0) is 37.1 Å². The van der Waals surface area contributed by atoms with Gasteiger partial charge in [-0.2, -0.15) is 4.31 Å². The zero-order chi connectivity index (χ0) is 22.9. The molecule has 2 N–H and O–H groups in total. The summed E-state index contributed by atoms with van der Waals surface area (Å²) in [5, 5.41) is 2.72. The number of hydrogen-bond donors (Lipinski definition) is 2. The van der Waals surface area contributed by atoms with Crippen molar-refractivity contribution >= 4 is 32.9 Å². The number of sulfonamides is 1. The van der Waals surface area contributed by atoms with Gasteiger partial charge in [0.15, 0.2) is 0 Å². The van der Waals surface area contributed by atoms with E-state index in [0.717, 1.165) is 22.0 Å². The normalized spacial score (nSPS) is 16.2. The number of aromatic nitrogens is 2. The summed E-state index contributed by atoms with van der Waals surface area (Å²) < 4.78 is 68.0. The second-order valence-corrected chi connectivity index (χ2v) is 9.23. The molecule has 1 saturated heterocycles. The molecular formula is C20H19F3N4O4S. The van der Waals surface area contributed by atoms with E-state index in [9.17, 15) is 26.4 Å². The molecule has 0 saturated carbocycles. The molecule has 170 valence electrons. The van der Waals surface area contributed by atoms with E-state index in [1.165, 1.54) is 12.1 Å². The number of para-hydroxylation sites is 2. The molecule has 1 fully saturated rings. The molecule has 0 radical (unpaired) electrons. The SMILES string of the molecule is O=C(Nc1nc2ccccc2[nH]1)C1CCN(S(=O)(=O)c2cccc(OC(F)(F)F)c2)CC1. The molecule has 8 nitrogen and oxygen atoms in total. The van der Waals surface area contributed by atoms with Crippen LogP contribution in [0.25, 0.3) is 11.0 Å². The summed E-state index contributed by atoms with van der Waals surface area (Å²) in [6.45, 7) is 0.121. The molecule has 1 amide bonds. The van der Waals surface area contributed by atoms with E-state index in [2.05, 4.69) is 20.0 Å². The van der Waals surface area contributed by atoms with E-state index in [1.54, 1.807) is 6.07 Å². The topological polar surface area (TPSA) is 104 Å². The van der Waals surface area contributed by atoms with Crippen LogP contribution in [0.5, 0.6) is 5.75 Å². The van der Waals surface area contributed by atoms with Crippen molar-refractivity contribution in [3.63, 3.8) is 0 Å². The van der Waals surface area contributed by atoms with Crippen LogP contribution in [0.15, 0.2) is 53.4 Å². The highest BCUT2D eigenvalue weighted by molar-refractivity contribution is 7.89. The summed E-state index contributed by atoms with van der Waals surface area (Å²) >= 11 is 0. The number of amides is 1. The molecular weight excluding hydrogens is 449 g/mol. The third-order valence-corrected chi connectivity index (χ3v) is 7.03. The van der Waals surface area contributed by atoms with Gasteiger partial charge in [-0.1, -0.05) is 18.2 Å². The summed E-state index contributed by atoms with van der Waals surface area (Å²) in [7, 11) is -4.03. The van der Waals surface area contributed by atoms with Crippen LogP contribution in [0, 0.1) is 5.92 Å². The first kappa shape index (κ1) is 22.1. The molecule has 4 rings (SSSR count). The number of nitrogens with one attached hydrogen (secondary N) is 2. The van der Waals surface area contributed by atoms with Crippen molar-refractivity contribution in [2.24, 2.45) is 5.92 Å². The van der Waals surface area contributed by atoms with Crippen molar-refractivity contribution in [3.05, 3.63) is 48.5 Å². The highest BCUT2D eigenvalue weighted by Gasteiger charge is 2.34. The van der Waals surface area contributed by atoms with Gasteiger partial charge in [0.05, 0.1) is 15.9 Å². The van der Waals surface area contributed by atoms with Crippen molar-refractivity contribution in [2.75, 3.05) is 18.4 Å². The Bertz CT molecular complexity index is 1200. The van der Waals surface area contributed by atoms with Crippen molar-refractivity contribution in [1.82, 2.24) is 14.3 Å². The Balaban J connectivity index is 1.39. The van der Waals surface area contributed by atoms with Gasteiger partial charge in [0.2, 0.25) is 21.9 Å². The molecule has 1 aliphatic rings. The zero-order valence-corrected chi connectivity index (χ0v) is 17.4. The minimum Gasteiger partial charge on any atom is -0.406 e. The number of carbonyl (C=O) groups is 1. The average Bonchev–Trinajstić information content (AvgIpc) is 3.15. The highest BCUT2D eigenvalue weighted by Crippen LogP contribution is 2.29. The van der Waals surface area contributed by atoms with Gasteiger partial charge in [-0.25, -0.2) is 13.4 Å². The number of benzene rings is 2. The number of fused-ring (bicyclic) bond motifs is 1. The van der Waals surface area contributed by atoms with Gasteiger partial charge in [0.1, 0.15) is 5.75 Å². The van der Waals surface area contributed by atoms with Crippen LogP contribution in [0.2, 0.25) is 0 Å². The number of H-pyrrole nitrogens is 1. The molecule has 0 atom stereocenters. The molecule has 32 heavy (non-hydrogen) atoms. The Morgan fingerprint density at radius 1 is 1.12 bits per heavy atom. The number of rotatable bonds is 5. The van der Waals surface area contributed by atoms with Crippen molar-refractivity contribution in [3.8, 4) is 5.75 Å². The average molecular weight is 468 g/mol. The molecule has 12 heteroatoms. The van der Waals surface area contributed by atoms with Crippen LogP contribution < -0.4 is 10.1 Å². The fourth-order valence-electron chi connectivity index (χ4n) is 3.57. The molecule has 2 aromatic carbocycles. The van der Waals surface area contributed by atoms with Crippen molar-refractivity contribution < 1.29 is 31.1 Å². The van der Waals surface area contributed by atoms with Gasteiger partial charge < -0.3 is 9.72 Å². The van der Waals surface area contributed by atoms with E-state index >= 15 is 0 Å². The number of carbonyl (C=O) groups excluding carboxylic acids is 1. The van der Waals surface area contributed by atoms with Crippen LogP contribution in [0.3, 0.4) is 0 Å². The quantitative estimate of drug-likeness (QED) is 0.597. The lowest BCUT2D eigenvalue weighted by atomic mass is 9.97. The van der Waals surface area contributed by atoms with E-state index in [1.807, 2.05) is 18.2 Å². The lowest BCUT2D eigenvalue weighted by Crippen LogP contribution is -2.41. The lowest BCUT2D eigenvalue weighted by molar-refractivity contribution is -0.274. The number of nitrogens with zero attached hydrogens (tertiary/aromatic N) is 2. The van der Waals surface area contributed by atoms with E-state index in [0.29, 0.717) is 11.5 Å². The van der Waals surface area contributed by atoms with Crippen LogP contribution in [0.4, 0.5) is 19.1 Å². The minimum absolute atomic E-state index is 0.0604. The van der Waals surface area contributed by atoms with E-state index < -0.39 is 28.1 Å². The number of imidazole rings is 1. The van der Waals surface area contributed by atoms with Crippen LogP contribution >= 0.6 is 0 Å². The first-order valence-corrected chi connectivity index (χ1v) is 11.2. The largest absolute Gasteiger partial charge is 0.573 e. The van der Waals surface area contributed by atoms with Gasteiger partial charge >= 0.3 is 6.36 Å². The number of ether oxygens (including phenoxy) is 1. The molecule has 2 heterocycles. The first-order valence-electron chi connectivity index (χ1n) is 9.73. The summed E-state index contributed by atoms with van der Waals surface area (Å²) in [5.41, 5.74) is 1.49. The number of anilines is 1. The predicted octanol–water partition coefficient (Wildman–Crippen LogP) is 3.50. The lowest BCUT2D eigenvalue weighted by Gasteiger charge is -2.30. The molecule has 1 aromatic heterocycles. The van der Waals surface area contributed by atoms with Gasteiger partial charge in [-0.3, -0.25) is 10.1 Å². The third-order valence-electron chi connectivity index (χ3n) is 5.13. The molecule has 0 unspecified atom stereocenters. The highest BCUT2D eigenvalue weighted by atomic mass is 32.2. The van der Waals surface area contributed by atoms with Crippen LogP contribution in [-0.4, -0.2) is 48.1 Å². The Labute approximate surface area is 181 Å². The Kier molecular flexibility index (Phi) is 5.82. The summed E-state index contributed by atoms with van der Waals surface area (Å²) in [5.74, 6) is -0.998. The van der Waals surface area contributed by atoms with Gasteiger partial charge in [-0.15, -0.1) is 13.2 Å². The maximum atomic E-state index is 12.8. The summed E-state index contributed by atoms with van der Waals surface area (Å²) in [6, 6.07) is 11.6. The molecule has 1 aliphatic heterocycles. The maximum absolute atomic E-state index is 12.8. The molecule has 3 aromatic rings. The maximum Gasteiger partial charge on any atom is 0.573 e. The minimum atomic E-state index is -4.92.